The van der Waals surface area contributed by atoms with Crippen molar-refractivity contribution in [1.29, 1.82) is 0 Å². The number of ether oxygens (including phenoxy) is 1. The lowest BCUT2D eigenvalue weighted by Crippen LogP contribution is -2.52. The molecule has 0 saturated carbocycles. The number of anilines is 1. The molecule has 0 bridgehead atoms. The summed E-state index contributed by atoms with van der Waals surface area (Å²) in [4.78, 5) is 23.2. The van der Waals surface area contributed by atoms with Crippen LogP contribution in [0.2, 0.25) is 0 Å². The summed E-state index contributed by atoms with van der Waals surface area (Å²) in [6, 6.07) is 6.41. The topological polar surface area (TPSA) is 99.3 Å². The van der Waals surface area contributed by atoms with Gasteiger partial charge < -0.3 is 15.0 Å². The highest BCUT2D eigenvalue weighted by Crippen LogP contribution is 2.31. The van der Waals surface area contributed by atoms with Crippen LogP contribution in [0.4, 0.5) is 23.9 Å². The molecule has 1 fully saturated rings. The van der Waals surface area contributed by atoms with E-state index in [1.54, 1.807) is 17.2 Å². The number of alkyl halides is 3. The number of aromatic amines is 1. The number of piperazine rings is 1. The summed E-state index contributed by atoms with van der Waals surface area (Å²) in [5.74, 6) is 0.629. The molecule has 0 radical (unpaired) electrons. The first-order chi connectivity index (χ1) is 16.3. The molecule has 3 aromatic rings. The van der Waals surface area contributed by atoms with E-state index in [-0.39, 0.29) is 12.0 Å². The van der Waals surface area contributed by atoms with Crippen molar-refractivity contribution in [2.75, 3.05) is 24.5 Å². The monoisotopic (exact) mass is 473 g/mol. The Morgan fingerprint density at radius 2 is 2.09 bits per heavy atom. The molecule has 5 rings (SSSR count). The molecule has 1 saturated heterocycles. The van der Waals surface area contributed by atoms with Crippen molar-refractivity contribution in [1.82, 2.24) is 30.4 Å². The van der Waals surface area contributed by atoms with Gasteiger partial charge in [-0.05, 0) is 31.2 Å². The van der Waals surface area contributed by atoms with Crippen LogP contribution >= 0.6 is 0 Å². The van der Waals surface area contributed by atoms with E-state index in [4.69, 9.17) is 4.74 Å². The van der Waals surface area contributed by atoms with Crippen molar-refractivity contribution in [3.8, 4) is 17.0 Å². The summed E-state index contributed by atoms with van der Waals surface area (Å²) < 4.78 is 44.3. The fraction of sp³-hybridized carbons (Fsp3) is 0.364. The van der Waals surface area contributed by atoms with Gasteiger partial charge in [0.15, 0.2) is 0 Å². The van der Waals surface area contributed by atoms with Crippen molar-refractivity contribution in [2.45, 2.75) is 32.2 Å². The van der Waals surface area contributed by atoms with Crippen LogP contribution in [0.15, 0.2) is 36.7 Å². The molecule has 1 amide bonds. The molecule has 1 aromatic carbocycles. The van der Waals surface area contributed by atoms with E-state index in [2.05, 4.69) is 30.4 Å². The van der Waals surface area contributed by atoms with Gasteiger partial charge >= 0.3 is 12.3 Å². The van der Waals surface area contributed by atoms with Gasteiger partial charge in [-0.2, -0.15) is 18.3 Å². The second kappa shape index (κ2) is 8.60. The second-order valence-electron chi connectivity index (χ2n) is 8.35. The van der Waals surface area contributed by atoms with Gasteiger partial charge in [-0.25, -0.2) is 14.8 Å². The minimum atomic E-state index is -4.51. The quantitative estimate of drug-likeness (QED) is 0.600. The number of carbonyl (C=O) groups is 1. The summed E-state index contributed by atoms with van der Waals surface area (Å²) in [5.41, 5.74) is 2.73. The van der Waals surface area contributed by atoms with E-state index in [1.807, 2.05) is 19.1 Å². The van der Waals surface area contributed by atoms with Crippen molar-refractivity contribution in [3.05, 3.63) is 53.5 Å². The number of hydrogen-bond acceptors (Lipinski definition) is 7. The maximum Gasteiger partial charge on any atom is 0.433 e. The lowest BCUT2D eigenvalue weighted by Gasteiger charge is -2.40. The summed E-state index contributed by atoms with van der Waals surface area (Å²) >= 11 is 0. The molecule has 34 heavy (non-hydrogen) atoms. The first kappa shape index (κ1) is 22.1. The smallest absolute Gasteiger partial charge is 0.410 e. The fourth-order valence-corrected chi connectivity index (χ4v) is 4.32. The van der Waals surface area contributed by atoms with Crippen LogP contribution in [0.3, 0.4) is 0 Å². The molecule has 0 spiro atoms. The van der Waals surface area contributed by atoms with Crippen LogP contribution < -0.4 is 15.0 Å². The van der Waals surface area contributed by atoms with E-state index in [1.165, 1.54) is 0 Å². The van der Waals surface area contributed by atoms with Gasteiger partial charge in [-0.3, -0.25) is 10.00 Å². The number of rotatable bonds is 4. The first-order valence-corrected chi connectivity index (χ1v) is 10.8. The molecule has 2 aromatic heterocycles. The molecule has 178 valence electrons. The highest BCUT2D eigenvalue weighted by molar-refractivity contribution is 5.74. The SMILES string of the molecule is C[C@@H]1CN(Cc2cn[nH]c2-c2ccc3c(c2)CNC(=O)O3)CCN1c1nccc(C(F)(F)F)n1. The summed E-state index contributed by atoms with van der Waals surface area (Å²) in [7, 11) is 0. The van der Waals surface area contributed by atoms with Crippen LogP contribution in [0.25, 0.3) is 11.3 Å². The Morgan fingerprint density at radius 3 is 2.88 bits per heavy atom. The summed E-state index contributed by atoms with van der Waals surface area (Å²) in [6.45, 7) is 4.74. The molecule has 1 atom stereocenters. The summed E-state index contributed by atoms with van der Waals surface area (Å²) in [6.07, 6.45) is -2.04. The molecule has 2 N–H and O–H groups in total. The predicted molar refractivity (Wildman–Crippen MR) is 116 cm³/mol. The van der Waals surface area contributed by atoms with Crippen LogP contribution in [-0.2, 0) is 19.3 Å². The average Bonchev–Trinajstić information content (AvgIpc) is 3.26. The molecule has 4 heterocycles. The number of carbonyl (C=O) groups excluding carboxylic acids is 1. The van der Waals surface area contributed by atoms with Gasteiger partial charge in [-0.1, -0.05) is 0 Å². The fourth-order valence-electron chi connectivity index (χ4n) is 4.32. The number of benzene rings is 1. The van der Waals surface area contributed by atoms with Crippen LogP contribution in [0.5, 0.6) is 5.75 Å². The van der Waals surface area contributed by atoms with E-state index in [0.717, 1.165) is 34.6 Å². The number of amides is 1. The largest absolute Gasteiger partial charge is 0.433 e. The number of nitrogens with zero attached hydrogens (tertiary/aromatic N) is 5. The lowest BCUT2D eigenvalue weighted by molar-refractivity contribution is -0.141. The lowest BCUT2D eigenvalue weighted by atomic mass is 10.0. The number of H-pyrrole nitrogens is 1. The van der Waals surface area contributed by atoms with E-state index in [0.29, 0.717) is 38.5 Å². The molecular formula is C22H22F3N7O2. The predicted octanol–water partition coefficient (Wildman–Crippen LogP) is 3.20. The minimum absolute atomic E-state index is 0.0721. The van der Waals surface area contributed by atoms with Crippen LogP contribution in [-0.4, -0.2) is 56.8 Å². The van der Waals surface area contributed by atoms with Gasteiger partial charge in [0.05, 0.1) is 11.9 Å². The van der Waals surface area contributed by atoms with Crippen molar-refractivity contribution >= 4 is 12.0 Å². The van der Waals surface area contributed by atoms with Gasteiger partial charge in [0.25, 0.3) is 0 Å². The Labute approximate surface area is 192 Å². The van der Waals surface area contributed by atoms with E-state index >= 15 is 0 Å². The maximum absolute atomic E-state index is 13.0. The molecule has 12 heteroatoms. The zero-order valence-electron chi connectivity index (χ0n) is 18.3. The maximum atomic E-state index is 13.0. The zero-order chi connectivity index (χ0) is 23.9. The third kappa shape index (κ3) is 4.40. The third-order valence-electron chi connectivity index (χ3n) is 5.99. The van der Waals surface area contributed by atoms with E-state index < -0.39 is 18.0 Å². The Hall–Kier alpha value is -3.67. The number of nitrogens with one attached hydrogen (secondary N) is 2. The number of aromatic nitrogens is 4. The number of halogens is 3. The Morgan fingerprint density at radius 1 is 1.24 bits per heavy atom. The Kier molecular flexibility index (Phi) is 5.60. The normalized spacial score (nSPS) is 18.9. The minimum Gasteiger partial charge on any atom is -0.410 e. The highest BCUT2D eigenvalue weighted by atomic mass is 19.4. The van der Waals surface area contributed by atoms with Gasteiger partial charge in [-0.15, -0.1) is 0 Å². The molecule has 0 aliphatic carbocycles. The first-order valence-electron chi connectivity index (χ1n) is 10.8. The van der Waals surface area contributed by atoms with Crippen molar-refractivity contribution < 1.29 is 22.7 Å². The van der Waals surface area contributed by atoms with Crippen molar-refractivity contribution in [3.63, 3.8) is 0 Å². The van der Waals surface area contributed by atoms with E-state index in [9.17, 15) is 18.0 Å². The van der Waals surface area contributed by atoms with Crippen molar-refractivity contribution in [2.24, 2.45) is 0 Å². The number of fused-ring (bicyclic) bond motifs is 1. The molecule has 2 aliphatic heterocycles. The Bertz CT molecular complexity index is 1210. The molecule has 0 unspecified atom stereocenters. The molecule has 2 aliphatic rings. The van der Waals surface area contributed by atoms with Crippen LogP contribution in [0, 0.1) is 0 Å². The standard InChI is InChI=1S/C22H22F3N7O2/c1-13-11-31(6-7-32(13)20-26-5-4-18(29-20)22(23,24)25)12-16-10-28-30-19(16)14-2-3-17-15(8-14)9-27-21(33)34-17/h2-5,8,10,13H,6-7,9,11-12H2,1H3,(H,27,33)(H,28,30)/t13-/m1/s1. The van der Waals surface area contributed by atoms with Crippen LogP contribution in [0.1, 0.15) is 23.7 Å². The van der Waals surface area contributed by atoms with Gasteiger partial charge in [0, 0.05) is 61.7 Å². The summed E-state index contributed by atoms with van der Waals surface area (Å²) in [5, 5.41) is 9.92. The number of hydrogen-bond donors (Lipinski definition) is 2. The molecular weight excluding hydrogens is 451 g/mol. The van der Waals surface area contributed by atoms with Gasteiger partial charge in [0.2, 0.25) is 5.95 Å². The second-order valence-corrected chi connectivity index (χ2v) is 8.35. The molecule has 9 nitrogen and oxygen atoms in total. The highest BCUT2D eigenvalue weighted by Gasteiger charge is 2.34. The van der Waals surface area contributed by atoms with Gasteiger partial charge in [0.1, 0.15) is 11.4 Å². The Balaban J connectivity index is 1.28. The average molecular weight is 473 g/mol. The zero-order valence-corrected chi connectivity index (χ0v) is 18.3. The third-order valence-corrected chi connectivity index (χ3v) is 5.99.